The van der Waals surface area contributed by atoms with Gasteiger partial charge in [0.2, 0.25) is 0 Å². The fraction of sp³-hybridized carbons (Fsp3) is 0.625. The van der Waals surface area contributed by atoms with Crippen LogP contribution >= 0.6 is 0 Å². The SMILES string of the molecule is CCC(=O)C1C=CCNC1. The number of Topliss-reactive ketones (excluding diaryl/α,β-unsaturated/α-hetero) is 1. The number of rotatable bonds is 2. The van der Waals surface area contributed by atoms with Crippen molar-refractivity contribution in [3.05, 3.63) is 12.2 Å². The van der Waals surface area contributed by atoms with Gasteiger partial charge in [0.15, 0.2) is 0 Å². The van der Waals surface area contributed by atoms with E-state index in [9.17, 15) is 4.79 Å². The highest BCUT2D eigenvalue weighted by Gasteiger charge is 2.13. The third-order valence-electron chi connectivity index (χ3n) is 1.76. The van der Waals surface area contributed by atoms with Gasteiger partial charge in [0.25, 0.3) is 0 Å². The van der Waals surface area contributed by atoms with E-state index in [1.165, 1.54) is 0 Å². The van der Waals surface area contributed by atoms with Crippen molar-refractivity contribution >= 4 is 5.78 Å². The van der Waals surface area contributed by atoms with Gasteiger partial charge in [-0.2, -0.15) is 0 Å². The molecule has 0 spiro atoms. The maximum atomic E-state index is 11.1. The fourth-order valence-electron chi connectivity index (χ4n) is 1.11. The lowest BCUT2D eigenvalue weighted by Crippen LogP contribution is -2.30. The van der Waals surface area contributed by atoms with Gasteiger partial charge in [-0.3, -0.25) is 4.79 Å². The molecule has 0 saturated carbocycles. The predicted molar refractivity (Wildman–Crippen MR) is 40.8 cm³/mol. The molecule has 1 aliphatic rings. The molecular weight excluding hydrogens is 126 g/mol. The molecule has 1 N–H and O–H groups in total. The molecule has 1 rings (SSSR count). The van der Waals surface area contributed by atoms with Crippen LogP contribution in [0, 0.1) is 5.92 Å². The molecular formula is C8H13NO. The van der Waals surface area contributed by atoms with Gasteiger partial charge in [-0.15, -0.1) is 0 Å². The molecule has 0 amide bonds. The number of carbonyl (C=O) groups excluding carboxylic acids is 1. The quantitative estimate of drug-likeness (QED) is 0.572. The monoisotopic (exact) mass is 139 g/mol. The highest BCUT2D eigenvalue weighted by atomic mass is 16.1. The molecule has 1 atom stereocenters. The number of nitrogens with one attached hydrogen (secondary N) is 1. The van der Waals surface area contributed by atoms with E-state index < -0.39 is 0 Å². The summed E-state index contributed by atoms with van der Waals surface area (Å²) in [7, 11) is 0. The summed E-state index contributed by atoms with van der Waals surface area (Å²) in [6.07, 6.45) is 4.67. The number of hydrogen-bond donors (Lipinski definition) is 1. The number of hydrogen-bond acceptors (Lipinski definition) is 2. The second kappa shape index (κ2) is 3.52. The molecule has 2 nitrogen and oxygen atoms in total. The van der Waals surface area contributed by atoms with Crippen LogP contribution in [0.15, 0.2) is 12.2 Å². The van der Waals surface area contributed by atoms with Crippen LogP contribution in [0.5, 0.6) is 0 Å². The second-order valence-corrected chi connectivity index (χ2v) is 2.51. The van der Waals surface area contributed by atoms with Crippen molar-refractivity contribution < 1.29 is 4.79 Å². The Morgan fingerprint density at radius 2 is 2.60 bits per heavy atom. The van der Waals surface area contributed by atoms with Gasteiger partial charge in [-0.25, -0.2) is 0 Å². The van der Waals surface area contributed by atoms with Crippen LogP contribution in [0.25, 0.3) is 0 Å². The Hall–Kier alpha value is -0.630. The van der Waals surface area contributed by atoms with Gasteiger partial charge in [-0.1, -0.05) is 19.1 Å². The van der Waals surface area contributed by atoms with E-state index in [0.717, 1.165) is 13.1 Å². The molecule has 1 aliphatic heterocycles. The van der Waals surface area contributed by atoms with Crippen LogP contribution in [0.4, 0.5) is 0 Å². The number of carbonyl (C=O) groups is 1. The fourth-order valence-corrected chi connectivity index (χ4v) is 1.11. The van der Waals surface area contributed by atoms with Crippen molar-refractivity contribution in [3.63, 3.8) is 0 Å². The van der Waals surface area contributed by atoms with Crippen molar-refractivity contribution in [2.75, 3.05) is 13.1 Å². The molecule has 0 fully saturated rings. The first-order valence-electron chi connectivity index (χ1n) is 3.74. The van der Waals surface area contributed by atoms with E-state index >= 15 is 0 Å². The zero-order valence-electron chi connectivity index (χ0n) is 6.26. The summed E-state index contributed by atoms with van der Waals surface area (Å²) in [6.45, 7) is 3.64. The van der Waals surface area contributed by atoms with Crippen LogP contribution in [-0.4, -0.2) is 18.9 Å². The van der Waals surface area contributed by atoms with E-state index in [1.807, 2.05) is 19.1 Å². The minimum atomic E-state index is 0.138. The van der Waals surface area contributed by atoms with Crippen molar-refractivity contribution in [2.45, 2.75) is 13.3 Å². The third-order valence-corrected chi connectivity index (χ3v) is 1.76. The van der Waals surface area contributed by atoms with E-state index in [1.54, 1.807) is 0 Å². The van der Waals surface area contributed by atoms with E-state index in [0.29, 0.717) is 12.2 Å². The van der Waals surface area contributed by atoms with Crippen LogP contribution in [-0.2, 0) is 4.79 Å². The molecule has 0 saturated heterocycles. The molecule has 0 aliphatic carbocycles. The summed E-state index contributed by atoms with van der Waals surface area (Å²) < 4.78 is 0. The summed E-state index contributed by atoms with van der Waals surface area (Å²) in [6, 6.07) is 0. The smallest absolute Gasteiger partial charge is 0.140 e. The molecule has 10 heavy (non-hydrogen) atoms. The van der Waals surface area contributed by atoms with E-state index in [2.05, 4.69) is 5.32 Å². The van der Waals surface area contributed by atoms with Gasteiger partial charge < -0.3 is 5.32 Å². The molecule has 0 aromatic carbocycles. The average Bonchev–Trinajstić information content (AvgIpc) is 2.05. The average molecular weight is 139 g/mol. The highest BCUT2D eigenvalue weighted by Crippen LogP contribution is 2.04. The number of ketones is 1. The summed E-state index contributed by atoms with van der Waals surface area (Å²) in [4.78, 5) is 11.1. The molecule has 0 aromatic heterocycles. The maximum absolute atomic E-state index is 11.1. The Bertz CT molecular complexity index is 151. The van der Waals surface area contributed by atoms with Crippen LogP contribution in [0.1, 0.15) is 13.3 Å². The Labute approximate surface area is 61.3 Å². The topological polar surface area (TPSA) is 29.1 Å². The Morgan fingerprint density at radius 1 is 1.80 bits per heavy atom. The zero-order valence-corrected chi connectivity index (χ0v) is 6.26. The third kappa shape index (κ3) is 1.67. The van der Waals surface area contributed by atoms with Crippen molar-refractivity contribution in [2.24, 2.45) is 5.92 Å². The van der Waals surface area contributed by atoms with Crippen LogP contribution in [0.3, 0.4) is 0 Å². The molecule has 1 unspecified atom stereocenters. The van der Waals surface area contributed by atoms with Gasteiger partial charge in [0.1, 0.15) is 5.78 Å². The Balaban J connectivity index is 2.46. The first-order valence-corrected chi connectivity index (χ1v) is 3.74. The molecule has 56 valence electrons. The summed E-state index contributed by atoms with van der Waals surface area (Å²) in [5.41, 5.74) is 0. The normalized spacial score (nSPS) is 24.7. The Kier molecular flexibility index (Phi) is 2.63. The second-order valence-electron chi connectivity index (χ2n) is 2.51. The summed E-state index contributed by atoms with van der Waals surface area (Å²) >= 11 is 0. The van der Waals surface area contributed by atoms with Crippen molar-refractivity contribution in [1.29, 1.82) is 0 Å². The minimum Gasteiger partial charge on any atom is -0.312 e. The lowest BCUT2D eigenvalue weighted by atomic mass is 10.00. The standard InChI is InChI=1S/C8H13NO/c1-2-8(10)7-4-3-5-9-6-7/h3-4,7,9H,2,5-6H2,1H3. The largest absolute Gasteiger partial charge is 0.312 e. The van der Waals surface area contributed by atoms with E-state index in [-0.39, 0.29) is 5.92 Å². The zero-order chi connectivity index (χ0) is 7.40. The molecule has 1 heterocycles. The highest BCUT2D eigenvalue weighted by molar-refractivity contribution is 5.82. The Morgan fingerprint density at radius 3 is 3.10 bits per heavy atom. The first-order chi connectivity index (χ1) is 4.84. The molecule has 0 aromatic rings. The predicted octanol–water partition coefficient (Wildman–Crippen LogP) is 0.741. The summed E-state index contributed by atoms with van der Waals surface area (Å²) in [5.74, 6) is 0.474. The van der Waals surface area contributed by atoms with Gasteiger partial charge in [-0.05, 0) is 0 Å². The lowest BCUT2D eigenvalue weighted by Gasteiger charge is -2.14. The molecule has 0 bridgehead atoms. The van der Waals surface area contributed by atoms with Gasteiger partial charge in [0.05, 0.1) is 0 Å². The van der Waals surface area contributed by atoms with Gasteiger partial charge in [0, 0.05) is 25.4 Å². The van der Waals surface area contributed by atoms with Crippen molar-refractivity contribution in [3.8, 4) is 0 Å². The molecule has 2 heteroatoms. The maximum Gasteiger partial charge on any atom is 0.140 e. The van der Waals surface area contributed by atoms with Gasteiger partial charge >= 0.3 is 0 Å². The van der Waals surface area contributed by atoms with E-state index in [4.69, 9.17) is 0 Å². The molecule has 0 radical (unpaired) electrons. The first kappa shape index (κ1) is 7.48. The van der Waals surface area contributed by atoms with Crippen LogP contribution < -0.4 is 5.32 Å². The van der Waals surface area contributed by atoms with Crippen LogP contribution in [0.2, 0.25) is 0 Å². The minimum absolute atomic E-state index is 0.138. The summed E-state index contributed by atoms with van der Waals surface area (Å²) in [5, 5.41) is 3.14. The lowest BCUT2D eigenvalue weighted by molar-refractivity contribution is -0.121. The van der Waals surface area contributed by atoms with Crippen molar-refractivity contribution in [1.82, 2.24) is 5.32 Å².